The molecule has 0 aromatic heterocycles. The fourth-order valence-corrected chi connectivity index (χ4v) is 1.36. The maximum absolute atomic E-state index is 11.3. The van der Waals surface area contributed by atoms with Gasteiger partial charge in [-0.05, 0) is 17.6 Å². The van der Waals surface area contributed by atoms with E-state index in [0.717, 1.165) is 5.56 Å². The highest BCUT2D eigenvalue weighted by Crippen LogP contribution is 2.02. The molecule has 1 heteroatoms. The quantitative estimate of drug-likeness (QED) is 0.537. The fraction of sp³-hybridized carbons (Fsp3) is 0.267. The van der Waals surface area contributed by atoms with Crippen LogP contribution in [-0.2, 0) is 4.79 Å². The van der Waals surface area contributed by atoms with Crippen LogP contribution in [0.1, 0.15) is 25.8 Å². The van der Waals surface area contributed by atoms with Gasteiger partial charge in [-0.2, -0.15) is 0 Å². The Kier molecular flexibility index (Phi) is 5.27. The molecule has 0 atom stereocenters. The van der Waals surface area contributed by atoms with E-state index in [4.69, 9.17) is 0 Å². The van der Waals surface area contributed by atoms with Crippen LogP contribution in [0.15, 0.2) is 48.6 Å². The summed E-state index contributed by atoms with van der Waals surface area (Å²) in [4.78, 5) is 11.3. The minimum absolute atomic E-state index is 0.188. The molecule has 0 aliphatic heterocycles. The first kappa shape index (κ1) is 12.4. The van der Waals surface area contributed by atoms with Crippen molar-refractivity contribution in [3.8, 4) is 0 Å². The topological polar surface area (TPSA) is 17.1 Å². The summed E-state index contributed by atoms with van der Waals surface area (Å²) >= 11 is 0. The molecule has 0 spiro atoms. The predicted molar refractivity (Wildman–Crippen MR) is 69.1 cm³/mol. The third-order valence-electron chi connectivity index (χ3n) is 2.09. The second-order valence-corrected chi connectivity index (χ2v) is 4.19. The lowest BCUT2D eigenvalue weighted by atomic mass is 10.1. The van der Waals surface area contributed by atoms with Gasteiger partial charge in [-0.3, -0.25) is 4.79 Å². The van der Waals surface area contributed by atoms with Gasteiger partial charge in [-0.15, -0.1) is 0 Å². The third kappa shape index (κ3) is 5.30. The third-order valence-corrected chi connectivity index (χ3v) is 2.09. The number of rotatable bonds is 5. The normalized spacial score (nSPS) is 11.7. The molecule has 1 aromatic rings. The summed E-state index contributed by atoms with van der Waals surface area (Å²) in [5.74, 6) is 0.614. The van der Waals surface area contributed by atoms with Crippen LogP contribution in [0.25, 0.3) is 6.08 Å². The first-order valence-electron chi connectivity index (χ1n) is 5.61. The van der Waals surface area contributed by atoms with Crippen molar-refractivity contribution in [3.05, 3.63) is 54.1 Å². The van der Waals surface area contributed by atoms with E-state index in [-0.39, 0.29) is 5.78 Å². The number of hydrogen-bond acceptors (Lipinski definition) is 1. The van der Waals surface area contributed by atoms with Crippen LogP contribution in [0.3, 0.4) is 0 Å². The van der Waals surface area contributed by atoms with E-state index in [9.17, 15) is 4.79 Å². The lowest BCUT2D eigenvalue weighted by Crippen LogP contribution is -1.97. The molecule has 0 aliphatic rings. The minimum Gasteiger partial charge on any atom is -0.295 e. The number of hydrogen-bond donors (Lipinski definition) is 0. The molecule has 1 rings (SSSR count). The van der Waals surface area contributed by atoms with E-state index in [2.05, 4.69) is 0 Å². The van der Waals surface area contributed by atoms with Crippen LogP contribution in [0.4, 0.5) is 0 Å². The van der Waals surface area contributed by atoms with Gasteiger partial charge in [0.1, 0.15) is 0 Å². The van der Waals surface area contributed by atoms with Gasteiger partial charge >= 0.3 is 0 Å². The SMILES string of the molecule is CC(C)CC(=O)/C=C/C=C/c1ccccc1. The fourth-order valence-electron chi connectivity index (χ4n) is 1.36. The lowest BCUT2D eigenvalue weighted by Gasteiger charge is -1.97. The van der Waals surface area contributed by atoms with Gasteiger partial charge in [0.2, 0.25) is 0 Å². The van der Waals surface area contributed by atoms with Gasteiger partial charge in [0.05, 0.1) is 0 Å². The number of carbonyl (C=O) groups is 1. The van der Waals surface area contributed by atoms with E-state index in [0.29, 0.717) is 12.3 Å². The van der Waals surface area contributed by atoms with Crippen molar-refractivity contribution in [2.45, 2.75) is 20.3 Å². The van der Waals surface area contributed by atoms with Gasteiger partial charge < -0.3 is 0 Å². The first-order valence-corrected chi connectivity index (χ1v) is 5.61. The van der Waals surface area contributed by atoms with Gasteiger partial charge in [0.15, 0.2) is 5.78 Å². The zero-order valence-electron chi connectivity index (χ0n) is 9.89. The maximum atomic E-state index is 11.3. The molecule has 0 saturated heterocycles. The number of carbonyl (C=O) groups excluding carboxylic acids is 1. The molecule has 0 N–H and O–H groups in total. The molecular weight excluding hydrogens is 196 g/mol. The zero-order valence-corrected chi connectivity index (χ0v) is 9.89. The van der Waals surface area contributed by atoms with Gasteiger partial charge in [-0.25, -0.2) is 0 Å². The van der Waals surface area contributed by atoms with Crippen LogP contribution in [-0.4, -0.2) is 5.78 Å². The Hall–Kier alpha value is -1.63. The van der Waals surface area contributed by atoms with E-state index in [1.165, 1.54) is 0 Å². The van der Waals surface area contributed by atoms with Crippen LogP contribution in [0.5, 0.6) is 0 Å². The van der Waals surface area contributed by atoms with E-state index in [1.807, 2.05) is 56.3 Å². The molecule has 0 fully saturated rings. The molecule has 0 bridgehead atoms. The summed E-state index contributed by atoms with van der Waals surface area (Å²) in [5, 5.41) is 0. The van der Waals surface area contributed by atoms with Gasteiger partial charge in [0.25, 0.3) is 0 Å². The summed E-state index contributed by atoms with van der Waals surface area (Å²) in [6.45, 7) is 4.09. The molecule has 0 radical (unpaired) electrons. The van der Waals surface area contributed by atoms with Crippen molar-refractivity contribution >= 4 is 11.9 Å². The molecule has 1 aromatic carbocycles. The predicted octanol–water partition coefficient (Wildman–Crippen LogP) is 3.87. The molecule has 0 amide bonds. The highest BCUT2D eigenvalue weighted by molar-refractivity contribution is 5.90. The smallest absolute Gasteiger partial charge is 0.155 e. The molecule has 1 nitrogen and oxygen atoms in total. The van der Waals surface area contributed by atoms with Crippen LogP contribution >= 0.6 is 0 Å². The number of ketones is 1. The number of benzene rings is 1. The average Bonchev–Trinajstić information content (AvgIpc) is 2.25. The molecular formula is C15H18O. The van der Waals surface area contributed by atoms with Gasteiger partial charge in [0, 0.05) is 6.42 Å². The van der Waals surface area contributed by atoms with Gasteiger partial charge in [-0.1, -0.05) is 62.4 Å². The highest BCUT2D eigenvalue weighted by Gasteiger charge is 1.98. The van der Waals surface area contributed by atoms with Crippen LogP contribution < -0.4 is 0 Å². The summed E-state index contributed by atoms with van der Waals surface area (Å²) in [5.41, 5.74) is 1.14. The molecule has 0 aliphatic carbocycles. The van der Waals surface area contributed by atoms with Crippen molar-refractivity contribution in [3.63, 3.8) is 0 Å². The molecule has 16 heavy (non-hydrogen) atoms. The summed E-state index contributed by atoms with van der Waals surface area (Å²) in [6, 6.07) is 10.0. The Labute approximate surface area is 97.5 Å². The Bertz CT molecular complexity index is 372. The number of allylic oxidation sites excluding steroid dienone is 3. The van der Waals surface area contributed by atoms with E-state index < -0.39 is 0 Å². The molecule has 0 saturated carbocycles. The molecule has 0 unspecified atom stereocenters. The minimum atomic E-state index is 0.188. The second-order valence-electron chi connectivity index (χ2n) is 4.19. The summed E-state index contributed by atoms with van der Waals surface area (Å²) in [6.07, 6.45) is 7.94. The second kappa shape index (κ2) is 6.78. The summed E-state index contributed by atoms with van der Waals surface area (Å²) in [7, 11) is 0. The Morgan fingerprint density at radius 2 is 1.88 bits per heavy atom. The van der Waals surface area contributed by atoms with Crippen molar-refractivity contribution in [1.29, 1.82) is 0 Å². The zero-order chi connectivity index (χ0) is 11.8. The molecule has 0 heterocycles. The van der Waals surface area contributed by atoms with Crippen LogP contribution in [0, 0.1) is 5.92 Å². The highest BCUT2D eigenvalue weighted by atomic mass is 16.1. The Morgan fingerprint density at radius 3 is 2.50 bits per heavy atom. The van der Waals surface area contributed by atoms with Crippen LogP contribution in [0.2, 0.25) is 0 Å². The van der Waals surface area contributed by atoms with Crippen molar-refractivity contribution in [2.24, 2.45) is 5.92 Å². The largest absolute Gasteiger partial charge is 0.295 e. The van der Waals surface area contributed by atoms with Crippen molar-refractivity contribution in [1.82, 2.24) is 0 Å². The Morgan fingerprint density at radius 1 is 1.19 bits per heavy atom. The maximum Gasteiger partial charge on any atom is 0.155 e. The molecule has 84 valence electrons. The van der Waals surface area contributed by atoms with Crippen molar-refractivity contribution in [2.75, 3.05) is 0 Å². The van der Waals surface area contributed by atoms with E-state index >= 15 is 0 Å². The first-order chi connectivity index (χ1) is 7.68. The average molecular weight is 214 g/mol. The summed E-state index contributed by atoms with van der Waals surface area (Å²) < 4.78 is 0. The standard InChI is InChI=1S/C15H18O/c1-13(2)12-15(16)11-7-6-10-14-8-4-3-5-9-14/h3-11,13H,12H2,1-2H3/b10-6+,11-7+. The Balaban J connectivity index is 2.42. The van der Waals surface area contributed by atoms with Crippen molar-refractivity contribution < 1.29 is 4.79 Å². The van der Waals surface area contributed by atoms with E-state index in [1.54, 1.807) is 12.2 Å². The lowest BCUT2D eigenvalue weighted by molar-refractivity contribution is -0.115. The monoisotopic (exact) mass is 214 g/mol.